The molecule has 0 aliphatic heterocycles. The summed E-state index contributed by atoms with van der Waals surface area (Å²) < 4.78 is 9.85. The van der Waals surface area contributed by atoms with Crippen molar-refractivity contribution in [1.29, 1.82) is 0 Å². The summed E-state index contributed by atoms with van der Waals surface area (Å²) in [4.78, 5) is 24.3. The summed E-state index contributed by atoms with van der Waals surface area (Å²) in [5.74, 6) is -0.187. The zero-order chi connectivity index (χ0) is 13.5. The summed E-state index contributed by atoms with van der Waals surface area (Å²) in [6.45, 7) is 6.17. The topological polar surface area (TPSA) is 67.9 Å². The molecule has 0 unspecified atom stereocenters. The molecular formula is C11H22N2O4. The molecule has 0 aromatic carbocycles. The fourth-order valence-electron chi connectivity index (χ4n) is 0.950. The van der Waals surface area contributed by atoms with E-state index < -0.39 is 11.7 Å². The van der Waals surface area contributed by atoms with Gasteiger partial charge in [-0.3, -0.25) is 4.79 Å². The minimum Gasteiger partial charge on any atom is -0.444 e. The molecule has 6 nitrogen and oxygen atoms in total. The fourth-order valence-corrected chi connectivity index (χ4v) is 0.950. The number of nitrogens with zero attached hydrogens (tertiary/aromatic N) is 1. The van der Waals surface area contributed by atoms with Gasteiger partial charge in [0.2, 0.25) is 5.91 Å². The molecule has 0 heterocycles. The lowest BCUT2D eigenvalue weighted by atomic mass is 10.2. The van der Waals surface area contributed by atoms with Crippen LogP contribution >= 0.6 is 0 Å². The van der Waals surface area contributed by atoms with Crippen molar-refractivity contribution in [3.63, 3.8) is 0 Å². The molecule has 0 aromatic rings. The number of carbonyl (C=O) groups is 2. The van der Waals surface area contributed by atoms with Gasteiger partial charge in [-0.15, -0.1) is 0 Å². The van der Waals surface area contributed by atoms with E-state index in [9.17, 15) is 9.59 Å². The third-order valence-electron chi connectivity index (χ3n) is 1.84. The normalized spacial score (nSPS) is 10.9. The van der Waals surface area contributed by atoms with Gasteiger partial charge in [0.05, 0.1) is 6.61 Å². The monoisotopic (exact) mass is 246 g/mol. The Morgan fingerprint density at radius 1 is 1.29 bits per heavy atom. The molecule has 100 valence electrons. The van der Waals surface area contributed by atoms with Gasteiger partial charge >= 0.3 is 6.09 Å². The van der Waals surface area contributed by atoms with E-state index in [2.05, 4.69) is 5.32 Å². The number of methoxy groups -OCH3 is 1. The molecule has 0 bridgehead atoms. The number of ether oxygens (including phenoxy) is 2. The van der Waals surface area contributed by atoms with Crippen LogP contribution < -0.4 is 5.32 Å². The number of likely N-dealkylation sites (N-methyl/N-ethyl adjacent to an activating group) is 1. The second kappa shape index (κ2) is 7.11. The van der Waals surface area contributed by atoms with Gasteiger partial charge in [-0.2, -0.15) is 0 Å². The van der Waals surface area contributed by atoms with Gasteiger partial charge < -0.3 is 19.7 Å². The molecule has 0 aliphatic carbocycles. The van der Waals surface area contributed by atoms with Crippen molar-refractivity contribution in [2.45, 2.75) is 26.4 Å². The number of nitrogens with one attached hydrogen (secondary N) is 1. The zero-order valence-electron chi connectivity index (χ0n) is 11.2. The van der Waals surface area contributed by atoms with Gasteiger partial charge in [0.25, 0.3) is 0 Å². The van der Waals surface area contributed by atoms with E-state index in [0.717, 1.165) is 0 Å². The van der Waals surface area contributed by atoms with Crippen molar-refractivity contribution in [3.05, 3.63) is 0 Å². The number of amides is 2. The van der Waals surface area contributed by atoms with Crippen molar-refractivity contribution in [3.8, 4) is 0 Å². The Hall–Kier alpha value is -1.30. The van der Waals surface area contributed by atoms with Crippen LogP contribution in [0.5, 0.6) is 0 Å². The molecular weight excluding hydrogens is 224 g/mol. The van der Waals surface area contributed by atoms with Crippen LogP contribution in [0.2, 0.25) is 0 Å². The van der Waals surface area contributed by atoms with Crippen molar-refractivity contribution in [2.75, 3.05) is 33.9 Å². The maximum Gasteiger partial charge on any atom is 0.408 e. The first-order valence-corrected chi connectivity index (χ1v) is 5.46. The minimum absolute atomic E-state index is 0.0743. The SMILES string of the molecule is COCCN(C)C(=O)CNC(=O)OC(C)(C)C. The molecule has 17 heavy (non-hydrogen) atoms. The summed E-state index contributed by atoms with van der Waals surface area (Å²) in [5, 5.41) is 2.40. The first-order chi connectivity index (χ1) is 7.76. The standard InChI is InChI=1S/C11H22N2O4/c1-11(2,3)17-10(15)12-8-9(14)13(4)6-7-16-5/h6-8H2,1-5H3,(H,12,15). The fraction of sp³-hybridized carbons (Fsp3) is 0.818. The molecule has 0 rings (SSSR count). The van der Waals surface area contributed by atoms with Crippen LogP contribution in [-0.4, -0.2) is 56.4 Å². The van der Waals surface area contributed by atoms with E-state index in [4.69, 9.17) is 9.47 Å². The number of hydrogen-bond acceptors (Lipinski definition) is 4. The molecule has 1 N–H and O–H groups in total. The highest BCUT2D eigenvalue weighted by molar-refractivity contribution is 5.82. The summed E-state index contributed by atoms with van der Waals surface area (Å²) in [7, 11) is 3.22. The molecule has 0 aromatic heterocycles. The van der Waals surface area contributed by atoms with Gasteiger partial charge in [0.15, 0.2) is 0 Å². The second-order valence-electron chi connectivity index (χ2n) is 4.66. The van der Waals surface area contributed by atoms with E-state index in [-0.39, 0.29) is 12.5 Å². The molecule has 0 fully saturated rings. The lowest BCUT2D eigenvalue weighted by molar-refractivity contribution is -0.129. The summed E-state index contributed by atoms with van der Waals surface area (Å²) in [6.07, 6.45) is -0.592. The lowest BCUT2D eigenvalue weighted by Crippen LogP contribution is -2.41. The summed E-state index contributed by atoms with van der Waals surface area (Å²) >= 11 is 0. The number of carbonyl (C=O) groups excluding carboxylic acids is 2. The molecule has 2 amide bonds. The van der Waals surface area contributed by atoms with Crippen LogP contribution in [0.15, 0.2) is 0 Å². The predicted octanol–water partition coefficient (Wildman–Crippen LogP) is 0.616. The van der Waals surface area contributed by atoms with Gasteiger partial charge in [-0.1, -0.05) is 0 Å². The molecule has 0 aliphatic rings. The molecule has 0 atom stereocenters. The second-order valence-corrected chi connectivity index (χ2v) is 4.66. The molecule has 0 saturated carbocycles. The first kappa shape index (κ1) is 15.7. The highest BCUT2D eigenvalue weighted by Crippen LogP contribution is 2.06. The zero-order valence-corrected chi connectivity index (χ0v) is 11.2. The highest BCUT2D eigenvalue weighted by atomic mass is 16.6. The molecule has 0 saturated heterocycles. The quantitative estimate of drug-likeness (QED) is 0.772. The minimum atomic E-state index is -0.592. The third kappa shape index (κ3) is 8.50. The Morgan fingerprint density at radius 3 is 2.35 bits per heavy atom. The Morgan fingerprint density at radius 2 is 1.88 bits per heavy atom. The van der Waals surface area contributed by atoms with Crippen LogP contribution in [0.4, 0.5) is 4.79 Å². The Kier molecular flexibility index (Phi) is 6.57. The lowest BCUT2D eigenvalue weighted by Gasteiger charge is -2.21. The summed E-state index contributed by atoms with van der Waals surface area (Å²) in [6, 6.07) is 0. The van der Waals surface area contributed by atoms with Crippen LogP contribution in [0.25, 0.3) is 0 Å². The highest BCUT2D eigenvalue weighted by Gasteiger charge is 2.17. The molecule has 6 heteroatoms. The van der Waals surface area contributed by atoms with E-state index in [1.54, 1.807) is 34.9 Å². The third-order valence-corrected chi connectivity index (χ3v) is 1.84. The van der Waals surface area contributed by atoms with Gasteiger partial charge in [0.1, 0.15) is 12.1 Å². The van der Waals surface area contributed by atoms with Crippen LogP contribution in [-0.2, 0) is 14.3 Å². The average molecular weight is 246 g/mol. The number of rotatable bonds is 5. The van der Waals surface area contributed by atoms with Crippen molar-refractivity contribution in [2.24, 2.45) is 0 Å². The molecule has 0 spiro atoms. The summed E-state index contributed by atoms with van der Waals surface area (Å²) in [5.41, 5.74) is -0.560. The Labute approximate surface area is 102 Å². The Balaban J connectivity index is 3.87. The van der Waals surface area contributed by atoms with Gasteiger partial charge in [-0.05, 0) is 20.8 Å². The number of hydrogen-bond donors (Lipinski definition) is 1. The van der Waals surface area contributed by atoms with Crippen LogP contribution in [0.3, 0.4) is 0 Å². The van der Waals surface area contributed by atoms with E-state index in [0.29, 0.717) is 13.2 Å². The van der Waals surface area contributed by atoms with Crippen molar-refractivity contribution >= 4 is 12.0 Å². The van der Waals surface area contributed by atoms with Crippen molar-refractivity contribution < 1.29 is 19.1 Å². The van der Waals surface area contributed by atoms with Crippen molar-refractivity contribution in [1.82, 2.24) is 10.2 Å². The van der Waals surface area contributed by atoms with E-state index in [1.807, 2.05) is 0 Å². The van der Waals surface area contributed by atoms with E-state index >= 15 is 0 Å². The average Bonchev–Trinajstić information content (AvgIpc) is 2.20. The first-order valence-electron chi connectivity index (χ1n) is 5.46. The van der Waals surface area contributed by atoms with Gasteiger partial charge in [-0.25, -0.2) is 4.79 Å². The maximum absolute atomic E-state index is 11.5. The van der Waals surface area contributed by atoms with E-state index in [1.165, 1.54) is 4.90 Å². The predicted molar refractivity (Wildman–Crippen MR) is 63.7 cm³/mol. The maximum atomic E-state index is 11.5. The molecule has 0 radical (unpaired) electrons. The largest absolute Gasteiger partial charge is 0.444 e. The number of alkyl carbamates (subject to hydrolysis) is 1. The smallest absolute Gasteiger partial charge is 0.408 e. The van der Waals surface area contributed by atoms with Crippen LogP contribution in [0, 0.1) is 0 Å². The van der Waals surface area contributed by atoms with Crippen LogP contribution in [0.1, 0.15) is 20.8 Å². The van der Waals surface area contributed by atoms with Gasteiger partial charge in [0, 0.05) is 20.7 Å². The Bertz CT molecular complexity index is 261.